The number of rotatable bonds is 2. The SMILES string of the molecule is CSc1nnnn1-c1ccc(C)c(Cl)c1. The number of aromatic nitrogens is 4. The Balaban J connectivity index is 2.50. The van der Waals surface area contributed by atoms with E-state index in [4.69, 9.17) is 11.6 Å². The van der Waals surface area contributed by atoms with Crippen molar-refractivity contribution in [2.75, 3.05) is 6.26 Å². The fraction of sp³-hybridized carbons (Fsp3) is 0.222. The van der Waals surface area contributed by atoms with Gasteiger partial charge in [0.2, 0.25) is 5.16 Å². The lowest BCUT2D eigenvalue weighted by molar-refractivity contribution is 0.757. The molecule has 78 valence electrons. The summed E-state index contributed by atoms with van der Waals surface area (Å²) >= 11 is 7.53. The van der Waals surface area contributed by atoms with Crippen LogP contribution in [0.4, 0.5) is 0 Å². The number of tetrazole rings is 1. The van der Waals surface area contributed by atoms with Gasteiger partial charge in [-0.25, -0.2) is 0 Å². The first-order valence-corrected chi connectivity index (χ1v) is 5.91. The molecule has 0 amide bonds. The Morgan fingerprint density at radius 3 is 2.87 bits per heavy atom. The monoisotopic (exact) mass is 240 g/mol. The first kappa shape index (κ1) is 10.4. The average molecular weight is 241 g/mol. The summed E-state index contributed by atoms with van der Waals surface area (Å²) in [5, 5.41) is 12.9. The summed E-state index contributed by atoms with van der Waals surface area (Å²) in [6, 6.07) is 5.74. The molecule has 2 aromatic rings. The summed E-state index contributed by atoms with van der Waals surface area (Å²) in [6.45, 7) is 1.96. The van der Waals surface area contributed by atoms with Crippen molar-refractivity contribution in [3.8, 4) is 5.69 Å². The van der Waals surface area contributed by atoms with Gasteiger partial charge in [-0.2, -0.15) is 4.68 Å². The van der Waals surface area contributed by atoms with Crippen molar-refractivity contribution < 1.29 is 0 Å². The highest BCUT2D eigenvalue weighted by molar-refractivity contribution is 7.98. The van der Waals surface area contributed by atoms with Gasteiger partial charge in [0.25, 0.3) is 0 Å². The third kappa shape index (κ3) is 1.98. The number of thioether (sulfide) groups is 1. The van der Waals surface area contributed by atoms with Crippen LogP contribution in [0, 0.1) is 6.92 Å². The van der Waals surface area contributed by atoms with Crippen molar-refractivity contribution in [1.82, 2.24) is 20.2 Å². The van der Waals surface area contributed by atoms with E-state index in [9.17, 15) is 0 Å². The van der Waals surface area contributed by atoms with Gasteiger partial charge in [-0.1, -0.05) is 29.4 Å². The van der Waals surface area contributed by atoms with E-state index in [0.29, 0.717) is 0 Å². The lowest BCUT2D eigenvalue weighted by atomic mass is 10.2. The molecule has 0 bridgehead atoms. The molecule has 1 heterocycles. The van der Waals surface area contributed by atoms with E-state index in [-0.39, 0.29) is 0 Å². The summed E-state index contributed by atoms with van der Waals surface area (Å²) in [7, 11) is 0. The maximum absolute atomic E-state index is 6.04. The molecule has 0 fully saturated rings. The quantitative estimate of drug-likeness (QED) is 0.756. The van der Waals surface area contributed by atoms with E-state index in [1.54, 1.807) is 4.68 Å². The Labute approximate surface area is 96.6 Å². The first-order chi connectivity index (χ1) is 7.22. The topological polar surface area (TPSA) is 43.6 Å². The second kappa shape index (κ2) is 4.20. The minimum absolute atomic E-state index is 0.718. The molecule has 1 aromatic carbocycles. The molecule has 0 radical (unpaired) electrons. The predicted molar refractivity (Wildman–Crippen MR) is 60.7 cm³/mol. The molecular formula is C9H9ClN4S. The van der Waals surface area contributed by atoms with Crippen molar-refractivity contribution >= 4 is 23.4 Å². The minimum atomic E-state index is 0.718. The molecule has 0 unspecified atom stereocenters. The zero-order valence-corrected chi connectivity index (χ0v) is 9.88. The molecule has 0 saturated carbocycles. The third-order valence-corrected chi connectivity index (χ3v) is 3.05. The summed E-state index contributed by atoms with van der Waals surface area (Å²) < 4.78 is 1.66. The Hall–Kier alpha value is -1.07. The van der Waals surface area contributed by atoms with Gasteiger partial charge in [0.1, 0.15) is 0 Å². The van der Waals surface area contributed by atoms with E-state index in [2.05, 4.69) is 15.5 Å². The Morgan fingerprint density at radius 2 is 2.20 bits per heavy atom. The molecule has 1 aromatic heterocycles. The van der Waals surface area contributed by atoms with Crippen LogP contribution in [-0.2, 0) is 0 Å². The Bertz CT molecular complexity index is 483. The summed E-state index contributed by atoms with van der Waals surface area (Å²) in [6.07, 6.45) is 1.93. The number of halogens is 1. The van der Waals surface area contributed by atoms with Crippen LogP contribution in [0.1, 0.15) is 5.56 Å². The second-order valence-electron chi connectivity index (χ2n) is 3.01. The molecule has 6 heteroatoms. The molecule has 4 nitrogen and oxygen atoms in total. The van der Waals surface area contributed by atoms with Crippen LogP contribution in [0.5, 0.6) is 0 Å². The molecule has 15 heavy (non-hydrogen) atoms. The third-order valence-electron chi connectivity index (χ3n) is 2.02. The van der Waals surface area contributed by atoms with E-state index in [0.717, 1.165) is 21.4 Å². The van der Waals surface area contributed by atoms with Crippen LogP contribution in [0.25, 0.3) is 5.69 Å². The van der Waals surface area contributed by atoms with Crippen LogP contribution in [-0.4, -0.2) is 26.5 Å². The maximum Gasteiger partial charge on any atom is 0.213 e. The lowest BCUT2D eigenvalue weighted by Crippen LogP contribution is -1.98. The van der Waals surface area contributed by atoms with Gasteiger partial charge >= 0.3 is 0 Å². The number of benzene rings is 1. The van der Waals surface area contributed by atoms with E-state index in [1.165, 1.54) is 11.8 Å². The van der Waals surface area contributed by atoms with Gasteiger partial charge in [0.15, 0.2) is 0 Å². The van der Waals surface area contributed by atoms with Gasteiger partial charge < -0.3 is 0 Å². The van der Waals surface area contributed by atoms with Crippen LogP contribution in [0.3, 0.4) is 0 Å². The smallest absolute Gasteiger partial charge is 0.187 e. The standard InChI is InChI=1S/C9H9ClN4S/c1-6-3-4-7(5-8(6)10)14-9(15-2)11-12-13-14/h3-5H,1-2H3. The zero-order valence-electron chi connectivity index (χ0n) is 8.31. The predicted octanol–water partition coefficient (Wildman–Crippen LogP) is 2.35. The fourth-order valence-corrected chi connectivity index (χ4v) is 1.79. The van der Waals surface area contributed by atoms with Crippen molar-refractivity contribution in [2.24, 2.45) is 0 Å². The first-order valence-electron chi connectivity index (χ1n) is 4.31. The molecule has 0 aliphatic heterocycles. The van der Waals surface area contributed by atoms with Gasteiger partial charge in [0.05, 0.1) is 5.69 Å². The van der Waals surface area contributed by atoms with Crippen LogP contribution in [0.15, 0.2) is 23.4 Å². The lowest BCUT2D eigenvalue weighted by Gasteiger charge is -2.04. The average Bonchev–Trinajstić information content (AvgIpc) is 2.70. The van der Waals surface area contributed by atoms with Crippen molar-refractivity contribution in [3.05, 3.63) is 28.8 Å². The molecule has 0 N–H and O–H groups in total. The van der Waals surface area contributed by atoms with Crippen LogP contribution < -0.4 is 0 Å². The Kier molecular flexibility index (Phi) is 2.93. The summed E-state index contributed by atoms with van der Waals surface area (Å²) in [4.78, 5) is 0. The van der Waals surface area contributed by atoms with Gasteiger partial charge in [-0.3, -0.25) is 0 Å². The Morgan fingerprint density at radius 1 is 1.40 bits per heavy atom. The molecule has 0 spiro atoms. The molecule has 2 rings (SSSR count). The van der Waals surface area contributed by atoms with Gasteiger partial charge in [0, 0.05) is 5.02 Å². The largest absolute Gasteiger partial charge is 0.213 e. The highest BCUT2D eigenvalue weighted by atomic mass is 35.5. The summed E-state index contributed by atoms with van der Waals surface area (Å²) in [5.74, 6) is 0. The molecular weight excluding hydrogens is 232 g/mol. The number of aryl methyl sites for hydroxylation is 1. The molecule has 0 atom stereocenters. The van der Waals surface area contributed by atoms with Gasteiger partial charge in [-0.05, 0) is 41.3 Å². The zero-order chi connectivity index (χ0) is 10.8. The van der Waals surface area contributed by atoms with E-state index in [1.807, 2.05) is 31.4 Å². The normalized spacial score (nSPS) is 10.6. The number of hydrogen-bond acceptors (Lipinski definition) is 4. The van der Waals surface area contributed by atoms with Crippen molar-refractivity contribution in [3.63, 3.8) is 0 Å². The second-order valence-corrected chi connectivity index (χ2v) is 4.19. The molecule has 0 aliphatic rings. The molecule has 0 aliphatic carbocycles. The number of hydrogen-bond donors (Lipinski definition) is 0. The van der Waals surface area contributed by atoms with Crippen LogP contribution in [0.2, 0.25) is 5.02 Å². The van der Waals surface area contributed by atoms with Crippen molar-refractivity contribution in [2.45, 2.75) is 12.1 Å². The minimum Gasteiger partial charge on any atom is -0.187 e. The van der Waals surface area contributed by atoms with E-state index < -0.39 is 0 Å². The molecule has 0 saturated heterocycles. The number of nitrogens with zero attached hydrogens (tertiary/aromatic N) is 4. The summed E-state index contributed by atoms with van der Waals surface area (Å²) in [5.41, 5.74) is 1.92. The van der Waals surface area contributed by atoms with Crippen molar-refractivity contribution in [1.29, 1.82) is 0 Å². The highest BCUT2D eigenvalue weighted by Gasteiger charge is 2.07. The van der Waals surface area contributed by atoms with Crippen LogP contribution >= 0.6 is 23.4 Å². The van der Waals surface area contributed by atoms with E-state index >= 15 is 0 Å². The maximum atomic E-state index is 6.04. The van der Waals surface area contributed by atoms with Gasteiger partial charge in [-0.15, -0.1) is 5.10 Å². The fourth-order valence-electron chi connectivity index (χ4n) is 1.18. The highest BCUT2D eigenvalue weighted by Crippen LogP contribution is 2.21.